The van der Waals surface area contributed by atoms with Crippen molar-refractivity contribution in [1.82, 2.24) is 14.1 Å². The predicted molar refractivity (Wildman–Crippen MR) is 162 cm³/mol. The first-order valence-electron chi connectivity index (χ1n) is 12.5. The number of nitrogens with two attached hydrogens (primary N) is 1. The molecule has 13 heteroatoms. The molecule has 0 aliphatic rings. The van der Waals surface area contributed by atoms with Crippen LogP contribution in [0.2, 0.25) is 10.0 Å². The molecule has 0 bridgehead atoms. The van der Waals surface area contributed by atoms with Crippen LogP contribution in [-0.2, 0) is 13.1 Å². The SMILES string of the molecule is COc1ccc(Cn2c(NCCN=C(N)Nc3ccc(OC)cc3)nc(=O)n(Cc3ccc(Cl)c(Cl)c3)c2=O)cc1. The van der Waals surface area contributed by atoms with Gasteiger partial charge in [-0.15, -0.1) is 0 Å². The molecule has 0 aliphatic heterocycles. The standard InChI is InChI=1S/C28H29Cl2N7O4/c1-40-21-8-3-18(4-9-21)16-36-26(33-14-13-32-25(31)34-20-6-10-22(41-2)11-7-20)35-27(38)37(28(36)39)17-19-5-12-23(29)24(30)15-19/h3-12,15H,13-14,16-17H2,1-2H3,(H3,31,32,34)(H,33,35,38). The second-order valence-corrected chi connectivity index (χ2v) is 9.63. The zero-order valence-electron chi connectivity index (χ0n) is 22.4. The quantitative estimate of drug-likeness (QED) is 0.135. The number of ether oxygens (including phenoxy) is 2. The van der Waals surface area contributed by atoms with E-state index in [-0.39, 0.29) is 38.1 Å². The number of nitrogens with zero attached hydrogens (tertiary/aromatic N) is 4. The second-order valence-electron chi connectivity index (χ2n) is 8.82. The minimum atomic E-state index is -0.709. The fourth-order valence-corrected chi connectivity index (χ4v) is 4.20. The van der Waals surface area contributed by atoms with Crippen molar-refractivity contribution in [3.63, 3.8) is 0 Å². The number of guanidine groups is 1. The molecule has 11 nitrogen and oxygen atoms in total. The highest BCUT2D eigenvalue weighted by molar-refractivity contribution is 6.42. The Labute approximate surface area is 246 Å². The third-order valence-electron chi connectivity index (χ3n) is 6.01. The van der Waals surface area contributed by atoms with E-state index in [1.165, 1.54) is 4.57 Å². The van der Waals surface area contributed by atoms with Crippen LogP contribution in [0.15, 0.2) is 81.3 Å². The summed E-state index contributed by atoms with van der Waals surface area (Å²) < 4.78 is 12.8. The summed E-state index contributed by atoms with van der Waals surface area (Å²) in [4.78, 5) is 35.0. The van der Waals surface area contributed by atoms with Crippen molar-refractivity contribution in [3.8, 4) is 11.5 Å². The maximum absolute atomic E-state index is 13.6. The topological polar surface area (TPSA) is 138 Å². The highest BCUT2D eigenvalue weighted by Crippen LogP contribution is 2.22. The summed E-state index contributed by atoms with van der Waals surface area (Å²) in [5, 5.41) is 6.74. The van der Waals surface area contributed by atoms with E-state index < -0.39 is 11.4 Å². The number of benzene rings is 3. The highest BCUT2D eigenvalue weighted by atomic mass is 35.5. The zero-order valence-corrected chi connectivity index (χ0v) is 23.9. The van der Waals surface area contributed by atoms with E-state index in [1.54, 1.807) is 56.7 Å². The first-order chi connectivity index (χ1) is 19.8. The molecule has 3 aromatic carbocycles. The average Bonchev–Trinajstić information content (AvgIpc) is 2.97. The maximum atomic E-state index is 13.6. The lowest BCUT2D eigenvalue weighted by Gasteiger charge is -2.16. The number of nitrogens with one attached hydrogen (secondary N) is 2. The van der Waals surface area contributed by atoms with Crippen LogP contribution >= 0.6 is 23.2 Å². The highest BCUT2D eigenvalue weighted by Gasteiger charge is 2.15. The minimum Gasteiger partial charge on any atom is -0.497 e. The number of hydrogen-bond acceptors (Lipinski definition) is 7. The molecule has 214 valence electrons. The molecule has 0 spiro atoms. The van der Waals surface area contributed by atoms with E-state index in [0.717, 1.165) is 21.6 Å². The number of rotatable bonds is 11. The molecular weight excluding hydrogens is 569 g/mol. The lowest BCUT2D eigenvalue weighted by Crippen LogP contribution is -2.43. The first-order valence-corrected chi connectivity index (χ1v) is 13.3. The summed E-state index contributed by atoms with van der Waals surface area (Å²) in [6.45, 7) is 0.641. The summed E-state index contributed by atoms with van der Waals surface area (Å²) in [6.07, 6.45) is 0. The Morgan fingerprint density at radius 1 is 0.878 bits per heavy atom. The van der Waals surface area contributed by atoms with Gasteiger partial charge in [-0.2, -0.15) is 4.98 Å². The molecule has 1 aromatic heterocycles. The third kappa shape index (κ3) is 7.80. The van der Waals surface area contributed by atoms with Gasteiger partial charge in [-0.05, 0) is 59.7 Å². The van der Waals surface area contributed by atoms with Gasteiger partial charge in [0.1, 0.15) is 11.5 Å². The summed E-state index contributed by atoms with van der Waals surface area (Å²) in [7, 11) is 3.17. The molecule has 4 N–H and O–H groups in total. The number of hydrogen-bond donors (Lipinski definition) is 3. The van der Waals surface area contributed by atoms with Gasteiger partial charge < -0.3 is 25.8 Å². The van der Waals surface area contributed by atoms with Crippen molar-refractivity contribution in [2.45, 2.75) is 13.1 Å². The molecule has 0 aliphatic carbocycles. The Morgan fingerprint density at radius 2 is 1.49 bits per heavy atom. The minimum absolute atomic E-state index is 0.0255. The maximum Gasteiger partial charge on any atom is 0.355 e. The molecule has 1 heterocycles. The number of halogens is 2. The molecular formula is C28H29Cl2N7O4. The lowest BCUT2D eigenvalue weighted by molar-refractivity contribution is 0.414. The van der Waals surface area contributed by atoms with E-state index in [1.807, 2.05) is 24.3 Å². The van der Waals surface area contributed by atoms with E-state index in [0.29, 0.717) is 21.4 Å². The predicted octanol–water partition coefficient (Wildman–Crippen LogP) is 3.66. The average molecular weight is 598 g/mol. The second kappa shape index (κ2) is 13.7. The van der Waals surface area contributed by atoms with Crippen LogP contribution in [0.3, 0.4) is 0 Å². The van der Waals surface area contributed by atoms with Crippen LogP contribution in [0, 0.1) is 0 Å². The van der Waals surface area contributed by atoms with Gasteiger partial charge in [0.25, 0.3) is 0 Å². The lowest BCUT2D eigenvalue weighted by atomic mass is 10.2. The van der Waals surface area contributed by atoms with Gasteiger partial charge in [0.2, 0.25) is 5.95 Å². The Hall–Kier alpha value is -4.48. The van der Waals surface area contributed by atoms with Crippen LogP contribution in [0.1, 0.15) is 11.1 Å². The molecule has 0 saturated heterocycles. The fourth-order valence-electron chi connectivity index (χ4n) is 3.88. The molecule has 41 heavy (non-hydrogen) atoms. The molecule has 0 radical (unpaired) electrons. The van der Waals surface area contributed by atoms with Gasteiger partial charge in [0, 0.05) is 12.2 Å². The summed E-state index contributed by atoms with van der Waals surface area (Å²) in [6, 6.07) is 19.4. The van der Waals surface area contributed by atoms with Gasteiger partial charge in [-0.25, -0.2) is 14.2 Å². The van der Waals surface area contributed by atoms with Crippen molar-refractivity contribution in [2.24, 2.45) is 10.7 Å². The van der Waals surface area contributed by atoms with E-state index >= 15 is 0 Å². The fraction of sp³-hybridized carbons (Fsp3) is 0.214. The first kappa shape index (κ1) is 29.5. The van der Waals surface area contributed by atoms with Gasteiger partial charge in [-0.3, -0.25) is 9.56 Å². The Bertz CT molecular complexity index is 1640. The zero-order chi connectivity index (χ0) is 29.4. The number of aromatic nitrogens is 3. The van der Waals surface area contributed by atoms with E-state index in [9.17, 15) is 9.59 Å². The third-order valence-corrected chi connectivity index (χ3v) is 6.75. The number of anilines is 2. The molecule has 0 amide bonds. The largest absolute Gasteiger partial charge is 0.497 e. The van der Waals surface area contributed by atoms with Crippen LogP contribution in [-0.4, -0.2) is 47.4 Å². The molecule has 0 saturated carbocycles. The van der Waals surface area contributed by atoms with Crippen molar-refractivity contribution < 1.29 is 9.47 Å². The smallest absolute Gasteiger partial charge is 0.355 e. The molecule has 0 unspecified atom stereocenters. The van der Waals surface area contributed by atoms with Gasteiger partial charge in [-0.1, -0.05) is 41.4 Å². The normalized spacial score (nSPS) is 11.3. The van der Waals surface area contributed by atoms with Crippen LogP contribution in [0.4, 0.5) is 11.6 Å². The molecule has 4 rings (SSSR count). The van der Waals surface area contributed by atoms with Crippen LogP contribution in [0.5, 0.6) is 11.5 Å². The molecule has 4 aromatic rings. The van der Waals surface area contributed by atoms with Crippen LogP contribution < -0.4 is 37.2 Å². The molecule has 0 fully saturated rings. The van der Waals surface area contributed by atoms with E-state index in [4.69, 9.17) is 38.4 Å². The summed E-state index contributed by atoms with van der Waals surface area (Å²) in [5.41, 5.74) is 6.94. The van der Waals surface area contributed by atoms with Gasteiger partial charge >= 0.3 is 11.4 Å². The van der Waals surface area contributed by atoms with Crippen molar-refractivity contribution in [2.75, 3.05) is 37.9 Å². The Kier molecular flexibility index (Phi) is 9.88. The monoisotopic (exact) mass is 597 g/mol. The van der Waals surface area contributed by atoms with Crippen molar-refractivity contribution in [1.29, 1.82) is 0 Å². The van der Waals surface area contributed by atoms with Crippen molar-refractivity contribution in [3.05, 3.63) is 109 Å². The number of methoxy groups -OCH3 is 2. The summed E-state index contributed by atoms with van der Waals surface area (Å²) >= 11 is 12.1. The summed E-state index contributed by atoms with van der Waals surface area (Å²) in [5.74, 6) is 1.72. The Balaban J connectivity index is 1.54. The number of aliphatic imine (C=N–C) groups is 1. The van der Waals surface area contributed by atoms with Gasteiger partial charge in [0.05, 0.1) is 43.9 Å². The molecule has 0 atom stereocenters. The van der Waals surface area contributed by atoms with E-state index in [2.05, 4.69) is 20.6 Å². The Morgan fingerprint density at radius 3 is 2.12 bits per heavy atom. The van der Waals surface area contributed by atoms with Crippen LogP contribution in [0.25, 0.3) is 0 Å². The van der Waals surface area contributed by atoms with Gasteiger partial charge in [0.15, 0.2) is 5.96 Å². The van der Waals surface area contributed by atoms with Crippen molar-refractivity contribution >= 4 is 40.8 Å².